The van der Waals surface area contributed by atoms with Crippen molar-refractivity contribution in [1.29, 1.82) is 0 Å². The maximum Gasteiger partial charge on any atom is 0.335 e. The summed E-state index contributed by atoms with van der Waals surface area (Å²) in [7, 11) is 0. The van der Waals surface area contributed by atoms with Crippen LogP contribution in [0.3, 0.4) is 0 Å². The Labute approximate surface area is 211 Å². The van der Waals surface area contributed by atoms with E-state index in [1.54, 1.807) is 36.4 Å². The summed E-state index contributed by atoms with van der Waals surface area (Å²) in [6.45, 7) is 11.3. The van der Waals surface area contributed by atoms with Gasteiger partial charge in [-0.25, -0.2) is 14.4 Å². The maximum atomic E-state index is 10.5. The molecule has 3 N–H and O–H groups in total. The van der Waals surface area contributed by atoms with E-state index in [1.807, 2.05) is 59.7 Å². The van der Waals surface area contributed by atoms with Gasteiger partial charge >= 0.3 is 17.9 Å². The van der Waals surface area contributed by atoms with Gasteiger partial charge in [0.25, 0.3) is 0 Å². The fourth-order valence-corrected chi connectivity index (χ4v) is 3.29. The number of hydrogen-bond donors (Lipinski definition) is 3. The minimum absolute atomic E-state index is 0. The Morgan fingerprint density at radius 1 is 0.412 bits per heavy atom. The molecule has 0 bridgehead atoms. The minimum Gasteiger partial charge on any atom is -0.478 e. The SMILES string of the molecule is Cc1cc(C)cc(C(=O)O)c1.Cc1cc(C)cc(C(=O)O)c1.Cc1cc(C)cc(C(=O)O)c1.[Cr]. The number of benzene rings is 3. The van der Waals surface area contributed by atoms with Crippen molar-refractivity contribution in [2.75, 3.05) is 0 Å². The van der Waals surface area contributed by atoms with Gasteiger partial charge in [0.05, 0.1) is 16.7 Å². The average Bonchev–Trinajstić information content (AvgIpc) is 2.66. The van der Waals surface area contributed by atoms with E-state index >= 15 is 0 Å². The van der Waals surface area contributed by atoms with Crippen LogP contribution in [0, 0.1) is 41.5 Å². The van der Waals surface area contributed by atoms with Crippen LogP contribution in [0.25, 0.3) is 0 Å². The molecular formula is C27H30CrO6. The van der Waals surface area contributed by atoms with Crippen molar-refractivity contribution in [3.05, 3.63) is 105 Å². The van der Waals surface area contributed by atoms with Gasteiger partial charge in [0.1, 0.15) is 0 Å². The third-order valence-electron chi connectivity index (χ3n) is 4.41. The van der Waals surface area contributed by atoms with Crippen molar-refractivity contribution in [2.24, 2.45) is 0 Å². The molecule has 0 saturated heterocycles. The summed E-state index contributed by atoms with van der Waals surface area (Å²) in [5, 5.41) is 25.9. The normalized spacial score (nSPS) is 9.35. The predicted molar refractivity (Wildman–Crippen MR) is 129 cm³/mol. The molecular weight excluding hydrogens is 472 g/mol. The molecule has 0 heterocycles. The zero-order valence-electron chi connectivity index (χ0n) is 20.2. The molecule has 7 heteroatoms. The van der Waals surface area contributed by atoms with Crippen molar-refractivity contribution in [1.82, 2.24) is 0 Å². The van der Waals surface area contributed by atoms with Crippen LogP contribution in [0.5, 0.6) is 0 Å². The van der Waals surface area contributed by atoms with Crippen LogP contribution in [0.4, 0.5) is 0 Å². The van der Waals surface area contributed by atoms with Crippen molar-refractivity contribution >= 4 is 17.9 Å². The first-order valence-electron chi connectivity index (χ1n) is 10.2. The summed E-state index contributed by atoms with van der Waals surface area (Å²) in [6.07, 6.45) is 0. The monoisotopic (exact) mass is 502 g/mol. The van der Waals surface area contributed by atoms with Crippen LogP contribution in [0.2, 0.25) is 0 Å². The molecule has 0 unspecified atom stereocenters. The zero-order valence-corrected chi connectivity index (χ0v) is 21.4. The average molecular weight is 503 g/mol. The molecule has 0 radical (unpaired) electrons. The molecule has 3 aromatic carbocycles. The van der Waals surface area contributed by atoms with Crippen LogP contribution < -0.4 is 0 Å². The summed E-state index contributed by atoms with van der Waals surface area (Å²) in [5.74, 6) is -2.59. The Morgan fingerprint density at radius 2 is 0.559 bits per heavy atom. The Kier molecular flexibility index (Phi) is 12.6. The summed E-state index contributed by atoms with van der Waals surface area (Å²) < 4.78 is 0. The summed E-state index contributed by atoms with van der Waals surface area (Å²) in [5.41, 5.74) is 7.02. The van der Waals surface area contributed by atoms with Crippen molar-refractivity contribution in [3.63, 3.8) is 0 Å². The maximum absolute atomic E-state index is 10.5. The largest absolute Gasteiger partial charge is 0.478 e. The fraction of sp³-hybridized carbons (Fsp3) is 0.222. The molecule has 3 aromatic rings. The molecule has 0 fully saturated rings. The van der Waals surface area contributed by atoms with E-state index < -0.39 is 17.9 Å². The van der Waals surface area contributed by atoms with Gasteiger partial charge < -0.3 is 15.3 Å². The number of aryl methyl sites for hydroxylation is 6. The molecule has 0 saturated carbocycles. The second-order valence-electron chi connectivity index (χ2n) is 8.04. The van der Waals surface area contributed by atoms with Gasteiger partial charge in [-0.3, -0.25) is 0 Å². The van der Waals surface area contributed by atoms with Crippen LogP contribution in [0.15, 0.2) is 54.6 Å². The second kappa shape index (κ2) is 14.0. The molecule has 0 aliphatic carbocycles. The molecule has 0 amide bonds. The molecule has 0 atom stereocenters. The topological polar surface area (TPSA) is 112 Å². The Bertz CT molecular complexity index is 961. The molecule has 3 rings (SSSR count). The molecule has 180 valence electrons. The number of carbonyl (C=O) groups is 3. The van der Waals surface area contributed by atoms with Crippen LogP contribution in [0.1, 0.15) is 64.5 Å². The van der Waals surface area contributed by atoms with Crippen molar-refractivity contribution in [3.8, 4) is 0 Å². The van der Waals surface area contributed by atoms with Crippen molar-refractivity contribution in [2.45, 2.75) is 41.5 Å². The van der Waals surface area contributed by atoms with Crippen LogP contribution >= 0.6 is 0 Å². The van der Waals surface area contributed by atoms with E-state index in [9.17, 15) is 14.4 Å². The van der Waals surface area contributed by atoms with Crippen molar-refractivity contribution < 1.29 is 47.1 Å². The Balaban J connectivity index is 0.000000473. The third-order valence-corrected chi connectivity index (χ3v) is 4.41. The third kappa shape index (κ3) is 11.0. The van der Waals surface area contributed by atoms with E-state index in [4.69, 9.17) is 15.3 Å². The smallest absolute Gasteiger partial charge is 0.335 e. The first-order valence-corrected chi connectivity index (χ1v) is 10.2. The van der Waals surface area contributed by atoms with Gasteiger partial charge in [-0.1, -0.05) is 51.6 Å². The fourth-order valence-electron chi connectivity index (χ4n) is 3.29. The Hall–Kier alpha value is -3.40. The number of carboxylic acids is 3. The summed E-state index contributed by atoms with van der Waals surface area (Å²) in [6, 6.07) is 15.8. The number of hydrogen-bond acceptors (Lipinski definition) is 3. The number of rotatable bonds is 3. The summed E-state index contributed by atoms with van der Waals surface area (Å²) >= 11 is 0. The number of carboxylic acid groups (broad SMARTS) is 3. The molecule has 0 spiro atoms. The predicted octanol–water partition coefficient (Wildman–Crippen LogP) is 6.00. The molecule has 6 nitrogen and oxygen atoms in total. The van der Waals surface area contributed by atoms with Crippen LogP contribution in [-0.2, 0) is 17.4 Å². The van der Waals surface area contributed by atoms with Gasteiger partial charge in [0.15, 0.2) is 0 Å². The first-order chi connectivity index (χ1) is 15.3. The van der Waals surface area contributed by atoms with E-state index in [-0.39, 0.29) is 17.4 Å². The van der Waals surface area contributed by atoms with E-state index in [2.05, 4.69) is 0 Å². The second-order valence-corrected chi connectivity index (χ2v) is 8.04. The molecule has 34 heavy (non-hydrogen) atoms. The van der Waals surface area contributed by atoms with Gasteiger partial charge in [-0.05, 0) is 77.9 Å². The van der Waals surface area contributed by atoms with E-state index in [1.165, 1.54) is 0 Å². The Morgan fingerprint density at radius 3 is 0.676 bits per heavy atom. The molecule has 0 aromatic heterocycles. The zero-order chi connectivity index (χ0) is 25.3. The van der Waals surface area contributed by atoms with Gasteiger partial charge in [-0.15, -0.1) is 0 Å². The van der Waals surface area contributed by atoms with E-state index in [0.29, 0.717) is 16.7 Å². The van der Waals surface area contributed by atoms with Gasteiger partial charge in [0, 0.05) is 17.4 Å². The van der Waals surface area contributed by atoms with Crippen LogP contribution in [-0.4, -0.2) is 33.2 Å². The quantitative estimate of drug-likeness (QED) is 0.405. The number of aromatic carboxylic acids is 3. The minimum atomic E-state index is -0.864. The molecule has 0 aliphatic heterocycles. The van der Waals surface area contributed by atoms with Gasteiger partial charge in [-0.2, -0.15) is 0 Å². The first kappa shape index (κ1) is 30.6. The molecule has 0 aliphatic rings. The summed E-state index contributed by atoms with van der Waals surface area (Å²) in [4.78, 5) is 31.5. The van der Waals surface area contributed by atoms with Gasteiger partial charge in [0.2, 0.25) is 0 Å². The standard InChI is InChI=1S/3C9H10O2.Cr/c3*1-6-3-7(2)5-8(4-6)9(10)11;/h3*3-5H,1-2H3,(H,10,11);. The van der Waals surface area contributed by atoms with E-state index in [0.717, 1.165) is 33.4 Å².